The molecule has 2 rings (SSSR count). The predicted molar refractivity (Wildman–Crippen MR) is 93.4 cm³/mol. The molecule has 0 aromatic heterocycles. The molecule has 2 aromatic carbocycles. The summed E-state index contributed by atoms with van der Waals surface area (Å²) in [4.78, 5) is 11.2. The summed E-state index contributed by atoms with van der Waals surface area (Å²) >= 11 is 0. The molecule has 4 heteroatoms. The Labute approximate surface area is 142 Å². The van der Waals surface area contributed by atoms with Gasteiger partial charge in [-0.05, 0) is 48.2 Å². The van der Waals surface area contributed by atoms with Crippen LogP contribution in [-0.2, 0) is 10.2 Å². The molecule has 2 aromatic rings. The van der Waals surface area contributed by atoms with Crippen molar-refractivity contribution in [3.8, 4) is 11.5 Å². The maximum atomic E-state index is 11.2. The summed E-state index contributed by atoms with van der Waals surface area (Å²) in [5, 5.41) is 28.4. The SMILES string of the molecule is CCCCC(CCC(=O)O)(c1ccc(O)cc1)c1ccc(O)cc1. The van der Waals surface area contributed by atoms with Crippen LogP contribution in [0.3, 0.4) is 0 Å². The third-order valence-electron chi connectivity index (χ3n) is 4.56. The fraction of sp³-hybridized carbons (Fsp3) is 0.350. The minimum atomic E-state index is -0.826. The lowest BCUT2D eigenvalue weighted by molar-refractivity contribution is -0.137. The number of aromatic hydroxyl groups is 2. The van der Waals surface area contributed by atoms with Crippen molar-refractivity contribution in [2.75, 3.05) is 0 Å². The second kappa shape index (κ2) is 7.86. The number of aliphatic carboxylic acids is 1. The summed E-state index contributed by atoms with van der Waals surface area (Å²) in [5.41, 5.74) is 1.52. The summed E-state index contributed by atoms with van der Waals surface area (Å²) in [6, 6.07) is 14.0. The molecule has 0 fully saturated rings. The molecule has 0 saturated carbocycles. The maximum absolute atomic E-state index is 11.2. The van der Waals surface area contributed by atoms with Crippen molar-refractivity contribution in [3.63, 3.8) is 0 Å². The summed E-state index contributed by atoms with van der Waals surface area (Å²) in [5.74, 6) is -0.451. The lowest BCUT2D eigenvalue weighted by Gasteiger charge is -2.35. The highest BCUT2D eigenvalue weighted by atomic mass is 16.4. The first-order chi connectivity index (χ1) is 11.5. The van der Waals surface area contributed by atoms with Gasteiger partial charge in [0.05, 0.1) is 0 Å². The van der Waals surface area contributed by atoms with E-state index in [2.05, 4.69) is 6.92 Å². The minimum Gasteiger partial charge on any atom is -0.508 e. The van der Waals surface area contributed by atoms with Gasteiger partial charge in [0, 0.05) is 11.8 Å². The number of phenols is 2. The lowest BCUT2D eigenvalue weighted by Crippen LogP contribution is -2.29. The van der Waals surface area contributed by atoms with Crippen LogP contribution in [0.2, 0.25) is 0 Å². The number of unbranched alkanes of at least 4 members (excludes halogenated alkanes) is 1. The van der Waals surface area contributed by atoms with E-state index in [0.29, 0.717) is 6.42 Å². The molecule has 0 amide bonds. The average Bonchev–Trinajstić information content (AvgIpc) is 2.57. The molecule has 0 aliphatic rings. The Hall–Kier alpha value is -2.49. The van der Waals surface area contributed by atoms with Crippen molar-refractivity contribution < 1.29 is 20.1 Å². The first kappa shape index (κ1) is 17.9. The smallest absolute Gasteiger partial charge is 0.303 e. The van der Waals surface area contributed by atoms with Gasteiger partial charge in [0.25, 0.3) is 0 Å². The van der Waals surface area contributed by atoms with Crippen LogP contribution < -0.4 is 0 Å². The molecule has 0 aliphatic carbocycles. The van der Waals surface area contributed by atoms with Gasteiger partial charge in [-0.15, -0.1) is 0 Å². The van der Waals surface area contributed by atoms with Crippen LogP contribution in [0.4, 0.5) is 0 Å². The molecule has 0 atom stereocenters. The van der Waals surface area contributed by atoms with E-state index in [1.165, 1.54) is 0 Å². The highest BCUT2D eigenvalue weighted by Crippen LogP contribution is 2.42. The third kappa shape index (κ3) is 4.07. The Kier molecular flexibility index (Phi) is 5.85. The normalized spacial score (nSPS) is 11.4. The van der Waals surface area contributed by atoms with Crippen LogP contribution in [-0.4, -0.2) is 21.3 Å². The Morgan fingerprint density at radius 2 is 1.33 bits per heavy atom. The molecule has 4 nitrogen and oxygen atoms in total. The molecule has 0 aliphatic heterocycles. The monoisotopic (exact) mass is 328 g/mol. The fourth-order valence-corrected chi connectivity index (χ4v) is 3.23. The van der Waals surface area contributed by atoms with E-state index >= 15 is 0 Å². The second-order valence-electron chi connectivity index (χ2n) is 6.17. The van der Waals surface area contributed by atoms with E-state index in [1.807, 2.05) is 24.3 Å². The van der Waals surface area contributed by atoms with Crippen LogP contribution in [0, 0.1) is 0 Å². The van der Waals surface area contributed by atoms with Crippen LogP contribution in [0.25, 0.3) is 0 Å². The molecule has 0 unspecified atom stereocenters. The van der Waals surface area contributed by atoms with Crippen molar-refractivity contribution in [3.05, 3.63) is 59.7 Å². The minimum absolute atomic E-state index is 0.0610. The van der Waals surface area contributed by atoms with Gasteiger partial charge in [0.15, 0.2) is 0 Å². The zero-order valence-corrected chi connectivity index (χ0v) is 13.9. The largest absolute Gasteiger partial charge is 0.508 e. The average molecular weight is 328 g/mol. The molecule has 128 valence electrons. The summed E-state index contributed by atoms with van der Waals surface area (Å²) < 4.78 is 0. The number of hydrogen-bond acceptors (Lipinski definition) is 3. The second-order valence-corrected chi connectivity index (χ2v) is 6.17. The molecule has 0 radical (unpaired) electrons. The zero-order valence-electron chi connectivity index (χ0n) is 13.9. The molecule has 24 heavy (non-hydrogen) atoms. The molecule has 0 saturated heterocycles. The van der Waals surface area contributed by atoms with Gasteiger partial charge < -0.3 is 15.3 Å². The number of phenolic OH excluding ortho intramolecular Hbond substituents is 2. The van der Waals surface area contributed by atoms with Gasteiger partial charge in [-0.3, -0.25) is 4.79 Å². The first-order valence-corrected chi connectivity index (χ1v) is 8.29. The number of rotatable bonds is 8. The van der Waals surface area contributed by atoms with Gasteiger partial charge >= 0.3 is 5.97 Å². The number of hydrogen-bond donors (Lipinski definition) is 3. The predicted octanol–water partition coefficient (Wildman–Crippen LogP) is 4.44. The lowest BCUT2D eigenvalue weighted by atomic mass is 9.68. The van der Waals surface area contributed by atoms with Gasteiger partial charge in [0.2, 0.25) is 0 Å². The van der Waals surface area contributed by atoms with Gasteiger partial charge in [0.1, 0.15) is 11.5 Å². The van der Waals surface area contributed by atoms with E-state index < -0.39 is 11.4 Å². The Balaban J connectivity index is 2.55. The van der Waals surface area contributed by atoms with Crippen molar-refractivity contribution in [1.82, 2.24) is 0 Å². The van der Waals surface area contributed by atoms with E-state index in [-0.39, 0.29) is 17.9 Å². The van der Waals surface area contributed by atoms with Crippen LogP contribution in [0.15, 0.2) is 48.5 Å². The molecular formula is C20H24O4. The molecule has 0 bridgehead atoms. The highest BCUT2D eigenvalue weighted by Gasteiger charge is 2.34. The Bertz CT molecular complexity index is 614. The third-order valence-corrected chi connectivity index (χ3v) is 4.56. The Morgan fingerprint density at radius 3 is 1.71 bits per heavy atom. The maximum Gasteiger partial charge on any atom is 0.303 e. The van der Waals surface area contributed by atoms with Crippen LogP contribution in [0.1, 0.15) is 50.2 Å². The summed E-state index contributed by atoms with van der Waals surface area (Å²) in [7, 11) is 0. The highest BCUT2D eigenvalue weighted by molar-refractivity contribution is 5.67. The van der Waals surface area contributed by atoms with Gasteiger partial charge in [-0.1, -0.05) is 44.0 Å². The van der Waals surface area contributed by atoms with E-state index in [4.69, 9.17) is 0 Å². The number of carbonyl (C=O) groups is 1. The summed E-state index contributed by atoms with van der Waals surface area (Å²) in [6.45, 7) is 2.11. The first-order valence-electron chi connectivity index (χ1n) is 8.29. The fourth-order valence-electron chi connectivity index (χ4n) is 3.23. The molecule has 0 heterocycles. The van der Waals surface area contributed by atoms with Crippen molar-refractivity contribution >= 4 is 5.97 Å². The van der Waals surface area contributed by atoms with Crippen LogP contribution in [0.5, 0.6) is 11.5 Å². The molecule has 0 spiro atoms. The number of carboxylic acids is 1. The van der Waals surface area contributed by atoms with Crippen molar-refractivity contribution in [2.45, 2.75) is 44.4 Å². The van der Waals surface area contributed by atoms with E-state index in [1.54, 1.807) is 24.3 Å². The number of carboxylic acid groups (broad SMARTS) is 1. The van der Waals surface area contributed by atoms with E-state index in [9.17, 15) is 20.1 Å². The zero-order chi connectivity index (χ0) is 17.6. The van der Waals surface area contributed by atoms with Gasteiger partial charge in [-0.25, -0.2) is 0 Å². The van der Waals surface area contributed by atoms with Crippen LogP contribution >= 0.6 is 0 Å². The summed E-state index contributed by atoms with van der Waals surface area (Å²) in [6.07, 6.45) is 3.31. The van der Waals surface area contributed by atoms with E-state index in [0.717, 1.165) is 30.4 Å². The topological polar surface area (TPSA) is 77.8 Å². The van der Waals surface area contributed by atoms with Gasteiger partial charge in [-0.2, -0.15) is 0 Å². The quantitative estimate of drug-likeness (QED) is 0.669. The Morgan fingerprint density at radius 1 is 0.875 bits per heavy atom. The molecule has 3 N–H and O–H groups in total. The molecular weight excluding hydrogens is 304 g/mol. The number of benzene rings is 2. The van der Waals surface area contributed by atoms with Crippen molar-refractivity contribution in [2.24, 2.45) is 0 Å². The van der Waals surface area contributed by atoms with Crippen molar-refractivity contribution in [1.29, 1.82) is 0 Å². The standard InChI is InChI=1S/C20H24O4/c1-2-3-13-20(14-12-19(23)24,15-4-8-17(21)9-5-15)16-6-10-18(22)11-7-16/h4-11,21-22H,2-3,12-14H2,1H3,(H,23,24).